The number of aromatic nitrogens is 2. The van der Waals surface area contributed by atoms with Gasteiger partial charge in [0.25, 0.3) is 0 Å². The standard InChI is InChI=1S/C28H23N5/c1-32-19-31-17-27(32)28(22-11-9-20(15-29)10-12-22)33-14-13-23(16-30)26(18-33)25-8-4-6-21-5-2-3-7-24(21)25/h2-12,17,19,28H,13-14,18H2,1H3. The van der Waals surface area contributed by atoms with E-state index in [0.717, 1.165) is 34.5 Å². The molecule has 33 heavy (non-hydrogen) atoms. The Morgan fingerprint density at radius 3 is 2.45 bits per heavy atom. The molecule has 0 N–H and O–H groups in total. The smallest absolute Gasteiger partial charge is 0.0991 e. The average Bonchev–Trinajstić information content (AvgIpc) is 3.29. The van der Waals surface area contributed by atoms with Crippen LogP contribution in [0.2, 0.25) is 0 Å². The van der Waals surface area contributed by atoms with Crippen molar-refractivity contribution >= 4 is 16.3 Å². The molecule has 1 aliphatic rings. The third-order valence-electron chi connectivity index (χ3n) is 6.48. The number of nitrogens with zero attached hydrogens (tertiary/aromatic N) is 5. The molecule has 0 spiro atoms. The number of hydrogen-bond donors (Lipinski definition) is 0. The van der Waals surface area contributed by atoms with Crippen LogP contribution in [0.3, 0.4) is 0 Å². The van der Waals surface area contributed by atoms with Crippen LogP contribution >= 0.6 is 0 Å². The highest BCUT2D eigenvalue weighted by Gasteiger charge is 2.30. The van der Waals surface area contributed by atoms with Gasteiger partial charge in [-0.25, -0.2) is 4.98 Å². The highest BCUT2D eigenvalue weighted by Crippen LogP contribution is 2.37. The fourth-order valence-electron chi connectivity index (χ4n) is 4.80. The number of benzene rings is 3. The topological polar surface area (TPSA) is 68.6 Å². The molecule has 1 aliphatic heterocycles. The van der Waals surface area contributed by atoms with Crippen molar-refractivity contribution in [1.29, 1.82) is 10.5 Å². The van der Waals surface area contributed by atoms with Crippen molar-refractivity contribution in [3.63, 3.8) is 0 Å². The van der Waals surface area contributed by atoms with Gasteiger partial charge in [0.15, 0.2) is 0 Å². The predicted octanol–water partition coefficient (Wildman–Crippen LogP) is 5.22. The van der Waals surface area contributed by atoms with Gasteiger partial charge in [-0.3, -0.25) is 4.90 Å². The molecule has 5 rings (SSSR count). The zero-order valence-corrected chi connectivity index (χ0v) is 18.4. The van der Waals surface area contributed by atoms with Crippen LogP contribution in [0, 0.1) is 22.7 Å². The molecule has 5 nitrogen and oxygen atoms in total. The van der Waals surface area contributed by atoms with E-state index in [2.05, 4.69) is 52.4 Å². The van der Waals surface area contributed by atoms with E-state index in [4.69, 9.17) is 0 Å². The molecule has 0 saturated heterocycles. The van der Waals surface area contributed by atoms with Crippen LogP contribution < -0.4 is 0 Å². The van der Waals surface area contributed by atoms with Crippen molar-refractivity contribution in [2.24, 2.45) is 7.05 Å². The van der Waals surface area contributed by atoms with Gasteiger partial charge in [0, 0.05) is 25.7 Å². The Morgan fingerprint density at radius 1 is 0.939 bits per heavy atom. The number of hydrogen-bond acceptors (Lipinski definition) is 4. The van der Waals surface area contributed by atoms with E-state index in [9.17, 15) is 10.5 Å². The molecule has 0 fully saturated rings. The van der Waals surface area contributed by atoms with E-state index >= 15 is 0 Å². The summed E-state index contributed by atoms with van der Waals surface area (Å²) in [4.78, 5) is 6.78. The van der Waals surface area contributed by atoms with Crippen LogP contribution in [-0.4, -0.2) is 27.5 Å². The van der Waals surface area contributed by atoms with Gasteiger partial charge in [-0.15, -0.1) is 0 Å². The highest BCUT2D eigenvalue weighted by molar-refractivity contribution is 5.95. The Bertz CT molecular complexity index is 1420. The second-order valence-electron chi connectivity index (χ2n) is 8.38. The second-order valence-corrected chi connectivity index (χ2v) is 8.38. The first-order chi connectivity index (χ1) is 16.2. The molecule has 2 heterocycles. The summed E-state index contributed by atoms with van der Waals surface area (Å²) in [5, 5.41) is 21.5. The number of imidazole rings is 1. The molecule has 1 unspecified atom stereocenters. The van der Waals surface area contributed by atoms with E-state index in [1.54, 1.807) is 0 Å². The van der Waals surface area contributed by atoms with Crippen LogP contribution in [0.4, 0.5) is 0 Å². The third-order valence-corrected chi connectivity index (χ3v) is 6.48. The van der Waals surface area contributed by atoms with Crippen molar-refractivity contribution in [2.45, 2.75) is 12.5 Å². The summed E-state index contributed by atoms with van der Waals surface area (Å²) in [6.07, 6.45) is 4.42. The average molecular weight is 430 g/mol. The Hall–Kier alpha value is -4.19. The van der Waals surface area contributed by atoms with Crippen molar-refractivity contribution in [3.8, 4) is 12.1 Å². The van der Waals surface area contributed by atoms with Crippen molar-refractivity contribution < 1.29 is 0 Å². The van der Waals surface area contributed by atoms with Gasteiger partial charge >= 0.3 is 0 Å². The van der Waals surface area contributed by atoms with Crippen molar-refractivity contribution in [2.75, 3.05) is 13.1 Å². The molecule has 0 amide bonds. The fourth-order valence-corrected chi connectivity index (χ4v) is 4.80. The van der Waals surface area contributed by atoms with Crippen LogP contribution in [0.15, 0.2) is 84.8 Å². The van der Waals surface area contributed by atoms with Crippen molar-refractivity contribution in [1.82, 2.24) is 14.5 Å². The van der Waals surface area contributed by atoms with E-state index in [-0.39, 0.29) is 6.04 Å². The molecular weight excluding hydrogens is 406 g/mol. The molecule has 0 bridgehead atoms. The first kappa shape index (κ1) is 20.7. The molecule has 1 aromatic heterocycles. The Morgan fingerprint density at radius 2 is 1.73 bits per heavy atom. The molecule has 0 saturated carbocycles. The molecule has 160 valence electrons. The maximum atomic E-state index is 9.95. The summed E-state index contributed by atoms with van der Waals surface area (Å²) in [5.41, 5.74) is 5.89. The largest absolute Gasteiger partial charge is 0.336 e. The maximum absolute atomic E-state index is 9.95. The van der Waals surface area contributed by atoms with Crippen LogP contribution in [0.1, 0.15) is 34.8 Å². The minimum absolute atomic E-state index is 0.0320. The number of fused-ring (bicyclic) bond motifs is 1. The summed E-state index contributed by atoms with van der Waals surface area (Å²) in [7, 11) is 2.01. The van der Waals surface area contributed by atoms with Crippen molar-refractivity contribution in [3.05, 3.63) is 107 Å². The van der Waals surface area contributed by atoms with E-state index in [1.807, 2.05) is 60.5 Å². The number of rotatable bonds is 4. The minimum atomic E-state index is -0.0320. The molecule has 3 aromatic carbocycles. The summed E-state index contributed by atoms with van der Waals surface area (Å²) >= 11 is 0. The van der Waals surface area contributed by atoms with Gasteiger partial charge < -0.3 is 4.57 Å². The van der Waals surface area contributed by atoms with Crippen LogP contribution in [-0.2, 0) is 7.05 Å². The minimum Gasteiger partial charge on any atom is -0.336 e. The molecular formula is C28H23N5. The van der Waals surface area contributed by atoms with Gasteiger partial charge in [0.2, 0.25) is 0 Å². The lowest BCUT2D eigenvalue weighted by Crippen LogP contribution is -2.36. The monoisotopic (exact) mass is 429 g/mol. The lowest BCUT2D eigenvalue weighted by molar-refractivity contribution is 0.242. The Labute approximate surface area is 193 Å². The normalized spacial score (nSPS) is 15.2. The molecule has 4 aromatic rings. The maximum Gasteiger partial charge on any atom is 0.0991 e. The predicted molar refractivity (Wildman–Crippen MR) is 129 cm³/mol. The first-order valence-electron chi connectivity index (χ1n) is 11.0. The number of nitriles is 2. The zero-order chi connectivity index (χ0) is 22.8. The zero-order valence-electron chi connectivity index (χ0n) is 18.4. The first-order valence-corrected chi connectivity index (χ1v) is 11.0. The number of aryl methyl sites for hydroxylation is 1. The quantitative estimate of drug-likeness (QED) is 0.446. The van der Waals surface area contributed by atoms with Gasteiger partial charge in [-0.05, 0) is 46.0 Å². The van der Waals surface area contributed by atoms with E-state index < -0.39 is 0 Å². The summed E-state index contributed by atoms with van der Waals surface area (Å²) in [6, 6.07) is 27.1. The molecule has 1 atom stereocenters. The lowest BCUT2D eigenvalue weighted by atomic mass is 9.89. The Balaban J connectivity index is 1.60. The second kappa shape index (κ2) is 8.74. The van der Waals surface area contributed by atoms with Gasteiger partial charge in [0.1, 0.15) is 0 Å². The van der Waals surface area contributed by atoms with Gasteiger partial charge in [-0.2, -0.15) is 10.5 Å². The van der Waals surface area contributed by atoms with E-state index in [1.165, 1.54) is 10.8 Å². The van der Waals surface area contributed by atoms with Crippen LogP contribution in [0.25, 0.3) is 16.3 Å². The van der Waals surface area contributed by atoms with Gasteiger partial charge in [0.05, 0.1) is 42.0 Å². The lowest BCUT2D eigenvalue weighted by Gasteiger charge is -2.36. The fraction of sp³-hybridized carbons (Fsp3) is 0.179. The van der Waals surface area contributed by atoms with E-state index in [0.29, 0.717) is 18.5 Å². The summed E-state index contributed by atoms with van der Waals surface area (Å²) in [6.45, 7) is 1.43. The van der Waals surface area contributed by atoms with Crippen LogP contribution in [0.5, 0.6) is 0 Å². The molecule has 0 radical (unpaired) electrons. The third kappa shape index (κ3) is 3.80. The highest BCUT2D eigenvalue weighted by atomic mass is 15.2. The summed E-state index contributed by atoms with van der Waals surface area (Å²) < 4.78 is 2.05. The van der Waals surface area contributed by atoms with Gasteiger partial charge in [-0.1, -0.05) is 54.6 Å². The molecule has 0 aliphatic carbocycles. The molecule has 5 heteroatoms. The SMILES string of the molecule is Cn1cncc1C(c1ccc(C#N)cc1)N1CCC(C#N)=C(c2cccc3ccccc23)C1. The Kier molecular flexibility index (Phi) is 5.48. The summed E-state index contributed by atoms with van der Waals surface area (Å²) in [5.74, 6) is 0.